The molecule has 0 saturated heterocycles. The van der Waals surface area contributed by atoms with Crippen LogP contribution in [0.1, 0.15) is 29.4 Å². The van der Waals surface area contributed by atoms with Crippen molar-refractivity contribution >= 4 is 5.91 Å². The smallest absolute Gasteiger partial charge is 0.251 e. The molecule has 1 N–H and O–H groups in total. The molecular formula is C12H14N2O. The highest BCUT2D eigenvalue weighted by Crippen LogP contribution is 1.99. The first-order chi connectivity index (χ1) is 7.24. The highest BCUT2D eigenvalue weighted by atomic mass is 16.1. The Morgan fingerprint density at radius 2 is 2.40 bits per heavy atom. The van der Waals surface area contributed by atoms with Gasteiger partial charge >= 0.3 is 0 Å². The summed E-state index contributed by atoms with van der Waals surface area (Å²) in [5, 5.41) is 2.79. The number of nitrogens with zero attached hydrogens (tertiary/aromatic N) is 1. The average molecular weight is 202 g/mol. The standard InChI is InChI=1S/C12H14N2O/c1-3-4-5-7-14-12(15)11-6-8-13-10(2)9-11/h6,8-9H,5,7H2,1-2H3,(H,14,15). The van der Waals surface area contributed by atoms with E-state index in [-0.39, 0.29) is 5.91 Å². The van der Waals surface area contributed by atoms with Gasteiger partial charge in [0.05, 0.1) is 0 Å². The van der Waals surface area contributed by atoms with Gasteiger partial charge in [-0.3, -0.25) is 9.78 Å². The zero-order valence-electron chi connectivity index (χ0n) is 9.00. The maximum absolute atomic E-state index is 11.6. The molecule has 0 aliphatic heterocycles. The van der Waals surface area contributed by atoms with Crippen LogP contribution in [0.5, 0.6) is 0 Å². The van der Waals surface area contributed by atoms with Crippen LogP contribution < -0.4 is 5.32 Å². The fourth-order valence-electron chi connectivity index (χ4n) is 1.15. The minimum Gasteiger partial charge on any atom is -0.351 e. The van der Waals surface area contributed by atoms with Crippen molar-refractivity contribution in [3.63, 3.8) is 0 Å². The molecule has 15 heavy (non-hydrogen) atoms. The summed E-state index contributed by atoms with van der Waals surface area (Å²) in [5.41, 5.74) is 1.49. The second-order valence-electron chi connectivity index (χ2n) is 3.12. The van der Waals surface area contributed by atoms with Crippen LogP contribution in [0.3, 0.4) is 0 Å². The van der Waals surface area contributed by atoms with Crippen LogP contribution in [0.4, 0.5) is 0 Å². The van der Waals surface area contributed by atoms with E-state index in [0.717, 1.165) is 5.69 Å². The first-order valence-electron chi connectivity index (χ1n) is 4.84. The van der Waals surface area contributed by atoms with Gasteiger partial charge in [-0.05, 0) is 26.0 Å². The summed E-state index contributed by atoms with van der Waals surface area (Å²) in [6.07, 6.45) is 2.32. The second kappa shape index (κ2) is 5.82. The monoisotopic (exact) mass is 202 g/mol. The van der Waals surface area contributed by atoms with Crippen LogP contribution in [0.25, 0.3) is 0 Å². The third-order valence-electron chi connectivity index (χ3n) is 1.87. The molecule has 1 heterocycles. The lowest BCUT2D eigenvalue weighted by atomic mass is 10.2. The van der Waals surface area contributed by atoms with Gasteiger partial charge in [-0.2, -0.15) is 0 Å². The lowest BCUT2D eigenvalue weighted by Crippen LogP contribution is -2.24. The molecule has 0 aromatic carbocycles. The van der Waals surface area contributed by atoms with Crippen molar-refractivity contribution in [3.8, 4) is 11.8 Å². The van der Waals surface area contributed by atoms with Crippen LogP contribution in [-0.2, 0) is 0 Å². The molecule has 78 valence electrons. The number of aryl methyl sites for hydroxylation is 1. The van der Waals surface area contributed by atoms with Crippen LogP contribution in [0.15, 0.2) is 18.3 Å². The van der Waals surface area contributed by atoms with Crippen LogP contribution in [0.2, 0.25) is 0 Å². The maximum atomic E-state index is 11.6. The highest BCUT2D eigenvalue weighted by molar-refractivity contribution is 5.94. The third kappa shape index (κ3) is 3.82. The van der Waals surface area contributed by atoms with Gasteiger partial charge in [0.1, 0.15) is 0 Å². The number of carbonyl (C=O) groups is 1. The number of amides is 1. The Kier molecular flexibility index (Phi) is 4.36. The minimum absolute atomic E-state index is 0.0709. The maximum Gasteiger partial charge on any atom is 0.251 e. The van der Waals surface area contributed by atoms with Crippen molar-refractivity contribution in [2.45, 2.75) is 20.3 Å². The first kappa shape index (κ1) is 11.3. The fraction of sp³-hybridized carbons (Fsp3) is 0.333. The molecule has 0 aliphatic carbocycles. The molecule has 1 rings (SSSR count). The number of rotatable bonds is 3. The van der Waals surface area contributed by atoms with Crippen LogP contribution >= 0.6 is 0 Å². The Morgan fingerprint density at radius 3 is 3.07 bits per heavy atom. The molecule has 0 spiro atoms. The Balaban J connectivity index is 2.49. The second-order valence-corrected chi connectivity index (χ2v) is 3.12. The van der Waals surface area contributed by atoms with Gasteiger partial charge < -0.3 is 5.32 Å². The molecule has 0 unspecified atom stereocenters. The number of pyridine rings is 1. The summed E-state index contributed by atoms with van der Waals surface area (Å²) >= 11 is 0. The Labute approximate surface area is 89.9 Å². The van der Waals surface area contributed by atoms with Gasteiger partial charge in [0.25, 0.3) is 5.91 Å². The Hall–Kier alpha value is -1.82. The molecular weight excluding hydrogens is 188 g/mol. The third-order valence-corrected chi connectivity index (χ3v) is 1.87. The van der Waals surface area contributed by atoms with Gasteiger partial charge in [0.2, 0.25) is 0 Å². The highest BCUT2D eigenvalue weighted by Gasteiger charge is 2.03. The van der Waals surface area contributed by atoms with Crippen molar-refractivity contribution in [3.05, 3.63) is 29.6 Å². The lowest BCUT2D eigenvalue weighted by Gasteiger charge is -2.02. The summed E-state index contributed by atoms with van der Waals surface area (Å²) in [5.74, 6) is 5.60. The number of hydrogen-bond donors (Lipinski definition) is 1. The fourth-order valence-corrected chi connectivity index (χ4v) is 1.15. The number of aromatic nitrogens is 1. The van der Waals surface area contributed by atoms with E-state index in [2.05, 4.69) is 22.1 Å². The predicted octanol–water partition coefficient (Wildman–Crippen LogP) is 1.53. The molecule has 0 atom stereocenters. The quantitative estimate of drug-likeness (QED) is 0.596. The molecule has 0 radical (unpaired) electrons. The first-order valence-corrected chi connectivity index (χ1v) is 4.84. The van der Waals surface area contributed by atoms with Gasteiger partial charge in [0, 0.05) is 30.4 Å². The van der Waals surface area contributed by atoms with E-state index in [0.29, 0.717) is 18.5 Å². The number of nitrogens with one attached hydrogen (secondary N) is 1. The predicted molar refractivity (Wildman–Crippen MR) is 59.4 cm³/mol. The molecule has 0 aliphatic rings. The number of hydrogen-bond acceptors (Lipinski definition) is 2. The molecule has 1 aromatic heterocycles. The van der Waals surface area contributed by atoms with Gasteiger partial charge in [-0.25, -0.2) is 0 Å². The van der Waals surface area contributed by atoms with E-state index in [9.17, 15) is 4.79 Å². The van der Waals surface area contributed by atoms with E-state index in [1.54, 1.807) is 25.3 Å². The van der Waals surface area contributed by atoms with Crippen LogP contribution in [-0.4, -0.2) is 17.4 Å². The van der Waals surface area contributed by atoms with E-state index in [1.807, 2.05) is 6.92 Å². The molecule has 1 aromatic rings. The largest absolute Gasteiger partial charge is 0.351 e. The summed E-state index contributed by atoms with van der Waals surface area (Å²) < 4.78 is 0. The molecule has 3 heteroatoms. The Morgan fingerprint density at radius 1 is 1.60 bits per heavy atom. The van der Waals surface area contributed by atoms with E-state index in [4.69, 9.17) is 0 Å². The van der Waals surface area contributed by atoms with Crippen molar-refractivity contribution in [2.24, 2.45) is 0 Å². The van der Waals surface area contributed by atoms with Crippen molar-refractivity contribution in [1.29, 1.82) is 0 Å². The van der Waals surface area contributed by atoms with E-state index < -0.39 is 0 Å². The zero-order valence-corrected chi connectivity index (χ0v) is 9.00. The van der Waals surface area contributed by atoms with Gasteiger partial charge in [-0.1, -0.05) is 0 Å². The normalized spacial score (nSPS) is 8.93. The summed E-state index contributed by atoms with van der Waals surface area (Å²) in [6, 6.07) is 3.47. The van der Waals surface area contributed by atoms with Crippen LogP contribution in [0, 0.1) is 18.8 Å². The molecule has 0 bridgehead atoms. The van der Waals surface area contributed by atoms with Crippen molar-refractivity contribution in [2.75, 3.05) is 6.54 Å². The molecule has 0 fully saturated rings. The minimum atomic E-state index is -0.0709. The summed E-state index contributed by atoms with van der Waals surface area (Å²) in [7, 11) is 0. The van der Waals surface area contributed by atoms with E-state index >= 15 is 0 Å². The molecule has 0 saturated carbocycles. The molecule has 3 nitrogen and oxygen atoms in total. The zero-order chi connectivity index (χ0) is 11.1. The van der Waals surface area contributed by atoms with Gasteiger partial charge in [-0.15, -0.1) is 11.8 Å². The molecule has 1 amide bonds. The van der Waals surface area contributed by atoms with Crippen molar-refractivity contribution in [1.82, 2.24) is 10.3 Å². The average Bonchev–Trinajstić information content (AvgIpc) is 2.24. The summed E-state index contributed by atoms with van der Waals surface area (Å²) in [4.78, 5) is 15.6. The Bertz CT molecular complexity index is 402. The summed E-state index contributed by atoms with van der Waals surface area (Å²) in [6.45, 7) is 4.23. The topological polar surface area (TPSA) is 42.0 Å². The lowest BCUT2D eigenvalue weighted by molar-refractivity contribution is 0.0954. The van der Waals surface area contributed by atoms with Crippen molar-refractivity contribution < 1.29 is 4.79 Å². The number of carbonyl (C=O) groups excluding carboxylic acids is 1. The van der Waals surface area contributed by atoms with E-state index in [1.165, 1.54) is 0 Å². The SMILES string of the molecule is CC#CCCNC(=O)c1ccnc(C)c1. The van der Waals surface area contributed by atoms with Gasteiger partial charge in [0.15, 0.2) is 0 Å².